The van der Waals surface area contributed by atoms with E-state index < -0.39 is 24.2 Å². The maximum atomic E-state index is 14.3. The van der Waals surface area contributed by atoms with E-state index in [-0.39, 0.29) is 42.5 Å². The molecular formula is C42H64ClN5O6. The molecule has 1 heterocycles. The fourth-order valence-corrected chi connectivity index (χ4v) is 9.74. The Hall–Kier alpha value is -2.93. The van der Waals surface area contributed by atoms with Crippen molar-refractivity contribution in [3.8, 4) is 16.9 Å². The molecule has 12 heteroatoms. The zero-order valence-electron chi connectivity index (χ0n) is 34.1. The number of hydrogen-bond donors (Lipinski definition) is 4. The molecule has 4 aliphatic rings. The molecule has 2 aromatic carbocycles. The third kappa shape index (κ3) is 8.71. The van der Waals surface area contributed by atoms with Crippen molar-refractivity contribution in [3.05, 3.63) is 46.5 Å². The van der Waals surface area contributed by atoms with Gasteiger partial charge in [0.2, 0.25) is 5.91 Å². The summed E-state index contributed by atoms with van der Waals surface area (Å²) in [7, 11) is 9.42. The van der Waals surface area contributed by atoms with Crippen LogP contribution in [0.1, 0.15) is 76.7 Å². The number of likely N-dealkylation sites (N-methyl/N-ethyl adjacent to an activating group) is 1. The molecular weight excluding hydrogens is 706 g/mol. The molecule has 1 unspecified atom stereocenters. The van der Waals surface area contributed by atoms with Gasteiger partial charge < -0.3 is 35.4 Å². The number of nitrogens with one attached hydrogen (secondary N) is 2. The van der Waals surface area contributed by atoms with Crippen LogP contribution >= 0.6 is 11.6 Å². The van der Waals surface area contributed by atoms with Gasteiger partial charge in [-0.15, -0.1) is 0 Å². The van der Waals surface area contributed by atoms with Crippen molar-refractivity contribution in [2.75, 3.05) is 53.4 Å². The van der Waals surface area contributed by atoms with Gasteiger partial charge in [0, 0.05) is 61.0 Å². The predicted octanol–water partition coefficient (Wildman–Crippen LogP) is 5.45. The second-order valence-electron chi connectivity index (χ2n) is 17.6. The second-order valence-corrected chi connectivity index (χ2v) is 18.0. The average molecular weight is 770 g/mol. The number of aliphatic hydroxyl groups excluding tert-OH is 2. The van der Waals surface area contributed by atoms with Gasteiger partial charge in [-0.3, -0.25) is 14.4 Å². The van der Waals surface area contributed by atoms with Gasteiger partial charge in [-0.25, -0.2) is 0 Å². The van der Waals surface area contributed by atoms with Crippen LogP contribution in [-0.4, -0.2) is 111 Å². The monoisotopic (exact) mass is 769 g/mol. The first-order valence-corrected chi connectivity index (χ1v) is 19.9. The zero-order chi connectivity index (χ0) is 39.8. The highest BCUT2D eigenvalue weighted by Gasteiger charge is 2.57. The molecule has 2 aromatic rings. The van der Waals surface area contributed by atoms with Crippen LogP contribution in [0, 0.1) is 35.0 Å². The van der Waals surface area contributed by atoms with E-state index in [2.05, 4.69) is 50.2 Å². The second kappa shape index (κ2) is 17.1. The third-order valence-electron chi connectivity index (χ3n) is 12.4. The average Bonchev–Trinajstić information content (AvgIpc) is 3.47. The Labute approximate surface area is 327 Å². The Morgan fingerprint density at radius 3 is 2.37 bits per heavy atom. The number of aliphatic hydroxyl groups is 2. The maximum absolute atomic E-state index is 14.3. The Balaban J connectivity index is 1.48. The van der Waals surface area contributed by atoms with Crippen molar-refractivity contribution in [3.63, 3.8) is 0 Å². The van der Waals surface area contributed by atoms with Crippen LogP contribution in [0.2, 0.25) is 5.02 Å². The van der Waals surface area contributed by atoms with Crippen LogP contribution in [0.4, 0.5) is 5.69 Å². The van der Waals surface area contributed by atoms with Crippen molar-refractivity contribution in [1.82, 2.24) is 20.6 Å². The van der Waals surface area contributed by atoms with Gasteiger partial charge in [-0.2, -0.15) is 5.06 Å². The highest BCUT2D eigenvalue weighted by molar-refractivity contribution is 6.33. The molecule has 2 bridgehead atoms. The van der Waals surface area contributed by atoms with Crippen LogP contribution in [-0.2, 0) is 16.2 Å². The number of amides is 2. The lowest BCUT2D eigenvalue weighted by atomic mass is 9.45. The van der Waals surface area contributed by atoms with E-state index in [1.807, 2.05) is 57.4 Å². The molecule has 2 amide bonds. The summed E-state index contributed by atoms with van der Waals surface area (Å²) in [6, 6.07) is 8.43. The van der Waals surface area contributed by atoms with Crippen molar-refractivity contribution in [2.24, 2.45) is 35.0 Å². The molecule has 9 atom stereocenters. The Bertz CT molecular complexity index is 1640. The van der Waals surface area contributed by atoms with Crippen molar-refractivity contribution >= 4 is 29.1 Å². The highest BCUT2D eigenvalue weighted by atomic mass is 35.5. The summed E-state index contributed by atoms with van der Waals surface area (Å²) in [6.45, 7) is 13.3. The number of fused-ring (bicyclic) bond motifs is 2. The molecule has 4 N–H and O–H groups in total. The number of methoxy groups -OCH3 is 1. The number of halogens is 1. The first kappa shape index (κ1) is 42.2. The van der Waals surface area contributed by atoms with Crippen LogP contribution in [0.5, 0.6) is 5.75 Å². The van der Waals surface area contributed by atoms with E-state index in [0.29, 0.717) is 56.7 Å². The number of nitrogens with zero attached hydrogens (tertiary/aromatic N) is 3. The molecule has 0 spiro atoms. The highest BCUT2D eigenvalue weighted by Crippen LogP contribution is 2.61. The molecule has 1 saturated heterocycles. The lowest BCUT2D eigenvalue weighted by Crippen LogP contribution is -2.62. The van der Waals surface area contributed by atoms with E-state index in [1.54, 1.807) is 25.2 Å². The van der Waals surface area contributed by atoms with Crippen molar-refractivity contribution in [1.29, 1.82) is 0 Å². The minimum Gasteiger partial charge on any atom is -0.496 e. The van der Waals surface area contributed by atoms with E-state index >= 15 is 0 Å². The molecule has 0 radical (unpaired) electrons. The summed E-state index contributed by atoms with van der Waals surface area (Å²) in [5.74, 6) is 1.25. The fraction of sp³-hybridized carbons (Fsp3) is 0.667. The van der Waals surface area contributed by atoms with Crippen molar-refractivity contribution < 1.29 is 29.4 Å². The van der Waals surface area contributed by atoms with E-state index in [1.165, 1.54) is 6.42 Å². The number of carbonyl (C=O) groups is 2. The Morgan fingerprint density at radius 2 is 1.81 bits per heavy atom. The molecule has 0 aromatic heterocycles. The zero-order valence-corrected chi connectivity index (χ0v) is 34.9. The number of ether oxygens (including phenoxy) is 1. The van der Waals surface area contributed by atoms with Gasteiger partial charge in [0.1, 0.15) is 17.9 Å². The molecule has 300 valence electrons. The molecule has 11 nitrogen and oxygen atoms in total. The normalized spacial score (nSPS) is 27.4. The Morgan fingerprint density at radius 1 is 1.11 bits per heavy atom. The molecule has 6 rings (SSSR count). The van der Waals surface area contributed by atoms with Gasteiger partial charge in [0.25, 0.3) is 5.91 Å². The molecule has 1 aliphatic heterocycles. The smallest absolute Gasteiger partial charge is 0.251 e. The van der Waals surface area contributed by atoms with E-state index in [4.69, 9.17) is 21.2 Å². The number of carbonyl (C=O) groups excluding carboxylic acids is 2. The SMILES string of the molecule is COc1c(CN2O[C@@H](CO)[C@@H]([C@H](C)O)[C@H]2C(=O)N[C@H]2C[C@@H]3CC([C@@H]2C)C3(C)C)ccc(Cl)c1-c1cc(C(=O)N[C@@H](CC(C)C)CN(C)C)cc(N(C)C)c1. The minimum absolute atomic E-state index is 0.0227. The number of hydrogen-bond acceptors (Lipinski definition) is 9. The largest absolute Gasteiger partial charge is 0.496 e. The van der Waals surface area contributed by atoms with Gasteiger partial charge in [0.05, 0.1) is 31.4 Å². The number of benzene rings is 2. The third-order valence-corrected chi connectivity index (χ3v) is 12.8. The molecule has 4 fully saturated rings. The lowest BCUT2D eigenvalue weighted by molar-refractivity contribution is -0.183. The standard InChI is InChI=1S/C42H64ClN5O6/c1-23(2)14-30(21-46(7)8)44-40(51)28-15-27(16-31(17-28)47(9)10)37-33(43)13-12-26(39(37)53-11)20-48-38(36(25(4)50)35(22-49)54-48)41(52)45-34-19-29-18-32(24(34)3)42(29,5)6/h12-13,15-17,23-25,29-30,32,34-36,38,49-50H,14,18-22H2,1-11H3,(H,44,51)(H,45,52)/t24-,25-,29-,30-,32?,34-,35-,36+,38-/m0/s1. The molecule has 54 heavy (non-hydrogen) atoms. The summed E-state index contributed by atoms with van der Waals surface area (Å²) < 4.78 is 6.08. The van der Waals surface area contributed by atoms with Crippen LogP contribution in [0.15, 0.2) is 30.3 Å². The summed E-state index contributed by atoms with van der Waals surface area (Å²) in [5.41, 5.74) is 3.58. The van der Waals surface area contributed by atoms with Gasteiger partial charge in [-0.1, -0.05) is 52.3 Å². The predicted molar refractivity (Wildman–Crippen MR) is 215 cm³/mol. The summed E-state index contributed by atoms with van der Waals surface area (Å²) in [5, 5.41) is 29.9. The van der Waals surface area contributed by atoms with E-state index in [0.717, 1.165) is 25.1 Å². The Kier molecular flexibility index (Phi) is 13.3. The van der Waals surface area contributed by atoms with Crippen molar-refractivity contribution in [2.45, 2.75) is 97.7 Å². The van der Waals surface area contributed by atoms with Crippen LogP contribution < -0.4 is 20.3 Å². The minimum atomic E-state index is -0.919. The van der Waals surface area contributed by atoms with Gasteiger partial charge in [0.15, 0.2) is 0 Å². The van der Waals surface area contributed by atoms with Crippen LogP contribution in [0.3, 0.4) is 0 Å². The number of rotatable bonds is 15. The lowest BCUT2D eigenvalue weighted by Gasteiger charge is -2.62. The molecule has 3 aliphatic carbocycles. The number of hydroxylamine groups is 2. The number of anilines is 1. The molecule has 3 saturated carbocycles. The van der Waals surface area contributed by atoms with Crippen LogP contribution in [0.25, 0.3) is 11.1 Å². The van der Waals surface area contributed by atoms with Gasteiger partial charge in [-0.05, 0) is 99.2 Å². The fourth-order valence-electron chi connectivity index (χ4n) is 9.48. The maximum Gasteiger partial charge on any atom is 0.251 e. The van der Waals surface area contributed by atoms with Gasteiger partial charge >= 0.3 is 0 Å². The summed E-state index contributed by atoms with van der Waals surface area (Å²) in [6.07, 6.45) is 1.26. The van der Waals surface area contributed by atoms with E-state index in [9.17, 15) is 19.8 Å². The summed E-state index contributed by atoms with van der Waals surface area (Å²) in [4.78, 5) is 38.5. The summed E-state index contributed by atoms with van der Waals surface area (Å²) >= 11 is 6.97. The quantitative estimate of drug-likeness (QED) is 0.187. The topological polar surface area (TPSA) is 127 Å². The first-order valence-electron chi connectivity index (χ1n) is 19.5. The first-order chi connectivity index (χ1) is 25.4.